The van der Waals surface area contributed by atoms with Crippen molar-refractivity contribution in [1.29, 1.82) is 0 Å². The van der Waals surface area contributed by atoms with Gasteiger partial charge in [-0.1, -0.05) is 24.3 Å². The number of ether oxygens (including phenoxy) is 2. The van der Waals surface area contributed by atoms with E-state index >= 15 is 0 Å². The number of fused-ring (bicyclic) bond motifs is 2. The van der Waals surface area contributed by atoms with Gasteiger partial charge in [-0.25, -0.2) is 9.83 Å². The van der Waals surface area contributed by atoms with Crippen molar-refractivity contribution in [3.05, 3.63) is 101 Å². The Morgan fingerprint density at radius 2 is 1.88 bits per heavy atom. The molecule has 0 spiro atoms. The molecule has 3 heterocycles. The van der Waals surface area contributed by atoms with Gasteiger partial charge < -0.3 is 23.9 Å². The fourth-order valence-electron chi connectivity index (χ4n) is 5.24. The second-order valence-corrected chi connectivity index (χ2v) is 9.90. The quantitative estimate of drug-likeness (QED) is 0.180. The van der Waals surface area contributed by atoms with Crippen LogP contribution in [0.15, 0.2) is 71.3 Å². The number of halogens is 1. The average molecular weight is 541 g/mol. The Morgan fingerprint density at radius 3 is 2.60 bits per heavy atom. The van der Waals surface area contributed by atoms with Gasteiger partial charge in [0.25, 0.3) is 0 Å². The molecule has 0 fully saturated rings. The minimum absolute atomic E-state index is 0.0641. The maximum absolute atomic E-state index is 15.0. The third-order valence-electron chi connectivity index (χ3n) is 7.12. The van der Waals surface area contributed by atoms with E-state index in [0.717, 1.165) is 5.39 Å². The Balaban J connectivity index is 1.88. The topological polar surface area (TPSA) is 85.2 Å². The summed E-state index contributed by atoms with van der Waals surface area (Å²) in [6.07, 6.45) is 1.83. The lowest BCUT2D eigenvalue weighted by Crippen LogP contribution is -2.38. The van der Waals surface area contributed by atoms with Crippen molar-refractivity contribution in [3.63, 3.8) is 0 Å². The molecule has 0 aliphatic heterocycles. The maximum atomic E-state index is 15.0. The number of benzene rings is 2. The molecule has 3 aromatic heterocycles. The van der Waals surface area contributed by atoms with Crippen LogP contribution in [0.2, 0.25) is 0 Å². The number of aromatic nitrogens is 2. The first kappa shape index (κ1) is 27.1. The summed E-state index contributed by atoms with van der Waals surface area (Å²) < 4.78 is 31.9. The van der Waals surface area contributed by atoms with Crippen molar-refractivity contribution < 1.29 is 23.4 Å². The standard InChI is InChI=1S/C31H29FN4O4/c1-33-22-9-10-25-20(15-22)16-23(30(34-25)39-5)28(21-17-26(32)35-27(18-21)38-4)31(37,12-13-36(2)3)24-8-6-7-19-11-14-40-29(19)24/h6-11,14-18,28,37H,12-13H2,2-5H3. The lowest BCUT2D eigenvalue weighted by atomic mass is 9.71. The van der Waals surface area contributed by atoms with Crippen LogP contribution in [-0.4, -0.2) is 54.8 Å². The molecule has 0 aliphatic rings. The van der Waals surface area contributed by atoms with E-state index in [1.807, 2.05) is 49.3 Å². The summed E-state index contributed by atoms with van der Waals surface area (Å²) in [5, 5.41) is 14.5. The van der Waals surface area contributed by atoms with E-state index in [4.69, 9.17) is 25.4 Å². The fourth-order valence-corrected chi connectivity index (χ4v) is 5.24. The van der Waals surface area contributed by atoms with E-state index in [1.54, 1.807) is 30.5 Å². The molecule has 1 N–H and O–H groups in total. The predicted octanol–water partition coefficient (Wildman–Crippen LogP) is 6.05. The third-order valence-corrected chi connectivity index (χ3v) is 7.12. The summed E-state index contributed by atoms with van der Waals surface area (Å²) in [6, 6.07) is 17.3. The zero-order valence-electron chi connectivity index (χ0n) is 22.7. The second kappa shape index (κ2) is 10.9. The largest absolute Gasteiger partial charge is 0.481 e. The molecule has 9 heteroatoms. The summed E-state index contributed by atoms with van der Waals surface area (Å²) >= 11 is 0. The molecular weight excluding hydrogens is 511 g/mol. The number of rotatable bonds is 9. The molecule has 8 nitrogen and oxygen atoms in total. The van der Waals surface area contributed by atoms with Gasteiger partial charge in [-0.3, -0.25) is 0 Å². The van der Waals surface area contributed by atoms with E-state index in [0.29, 0.717) is 45.4 Å². The molecule has 0 saturated heterocycles. The minimum atomic E-state index is -1.64. The highest BCUT2D eigenvalue weighted by atomic mass is 19.1. The Labute approximate surface area is 231 Å². The third kappa shape index (κ3) is 4.95. The average Bonchev–Trinajstić information content (AvgIpc) is 3.44. The number of hydrogen-bond acceptors (Lipinski definition) is 7. The van der Waals surface area contributed by atoms with Crippen LogP contribution < -0.4 is 9.47 Å². The van der Waals surface area contributed by atoms with Crippen LogP contribution in [0, 0.1) is 12.5 Å². The van der Waals surface area contributed by atoms with E-state index in [2.05, 4.69) is 9.83 Å². The Hall–Kier alpha value is -4.52. The monoisotopic (exact) mass is 540 g/mol. The van der Waals surface area contributed by atoms with Crippen molar-refractivity contribution in [2.24, 2.45) is 0 Å². The van der Waals surface area contributed by atoms with Gasteiger partial charge in [0.15, 0.2) is 5.69 Å². The van der Waals surface area contributed by atoms with Crippen LogP contribution in [0.4, 0.5) is 10.1 Å². The molecule has 2 unspecified atom stereocenters. The predicted molar refractivity (Wildman–Crippen MR) is 150 cm³/mol. The Morgan fingerprint density at radius 1 is 1.05 bits per heavy atom. The number of para-hydroxylation sites is 1. The van der Waals surface area contributed by atoms with Gasteiger partial charge in [0.05, 0.1) is 32.6 Å². The number of hydrogen-bond donors (Lipinski definition) is 1. The smallest absolute Gasteiger partial charge is 0.217 e. The molecule has 0 radical (unpaired) electrons. The van der Waals surface area contributed by atoms with Crippen molar-refractivity contribution in [2.45, 2.75) is 17.9 Å². The molecular formula is C31H29FN4O4. The van der Waals surface area contributed by atoms with Gasteiger partial charge in [-0.2, -0.15) is 9.37 Å². The number of pyridine rings is 2. The summed E-state index contributed by atoms with van der Waals surface area (Å²) in [4.78, 5) is 14.1. The SMILES string of the molecule is [C-]#[N+]c1ccc2nc(OC)c(C(c3cc(F)nc(OC)c3)C(O)(CCN(C)C)c3cccc4ccoc34)cc2c1. The summed E-state index contributed by atoms with van der Waals surface area (Å²) in [5.74, 6) is -1.33. The van der Waals surface area contributed by atoms with Crippen LogP contribution in [0.25, 0.3) is 26.7 Å². The number of methoxy groups -OCH3 is 2. The van der Waals surface area contributed by atoms with Crippen molar-refractivity contribution in [1.82, 2.24) is 14.9 Å². The van der Waals surface area contributed by atoms with Crippen LogP contribution in [-0.2, 0) is 5.60 Å². The van der Waals surface area contributed by atoms with Crippen molar-refractivity contribution in [2.75, 3.05) is 34.9 Å². The molecule has 0 aliphatic carbocycles. The van der Waals surface area contributed by atoms with Crippen LogP contribution >= 0.6 is 0 Å². The van der Waals surface area contributed by atoms with E-state index in [1.165, 1.54) is 20.3 Å². The van der Waals surface area contributed by atoms with Crippen LogP contribution in [0.1, 0.15) is 29.0 Å². The van der Waals surface area contributed by atoms with Crippen LogP contribution in [0.3, 0.4) is 0 Å². The molecule has 0 bridgehead atoms. The highest BCUT2D eigenvalue weighted by Gasteiger charge is 2.44. The van der Waals surface area contributed by atoms with Crippen molar-refractivity contribution >= 4 is 27.6 Å². The molecule has 2 aromatic carbocycles. The van der Waals surface area contributed by atoms with Gasteiger partial charge >= 0.3 is 0 Å². The zero-order valence-corrected chi connectivity index (χ0v) is 22.7. The Kier molecular flexibility index (Phi) is 7.39. The molecule has 40 heavy (non-hydrogen) atoms. The molecule has 0 amide bonds. The van der Waals surface area contributed by atoms with E-state index < -0.39 is 17.5 Å². The second-order valence-electron chi connectivity index (χ2n) is 9.90. The first-order valence-electron chi connectivity index (χ1n) is 12.7. The first-order valence-corrected chi connectivity index (χ1v) is 12.7. The lowest BCUT2D eigenvalue weighted by Gasteiger charge is -2.38. The van der Waals surface area contributed by atoms with Gasteiger partial charge in [-0.05, 0) is 61.8 Å². The molecule has 5 aromatic rings. The fraction of sp³-hybridized carbons (Fsp3) is 0.258. The molecule has 204 valence electrons. The normalized spacial score (nSPS) is 13.8. The van der Waals surface area contributed by atoms with Crippen LogP contribution in [0.5, 0.6) is 11.8 Å². The maximum Gasteiger partial charge on any atom is 0.217 e. The minimum Gasteiger partial charge on any atom is -0.481 e. The summed E-state index contributed by atoms with van der Waals surface area (Å²) in [5.41, 5.74) is 1.41. The Bertz CT molecular complexity index is 1730. The zero-order chi connectivity index (χ0) is 28.4. The first-order chi connectivity index (χ1) is 19.3. The lowest BCUT2D eigenvalue weighted by molar-refractivity contribution is 0.00427. The van der Waals surface area contributed by atoms with Gasteiger partial charge in [0.2, 0.25) is 17.7 Å². The molecule has 5 rings (SSSR count). The summed E-state index contributed by atoms with van der Waals surface area (Å²) in [6.45, 7) is 7.97. The van der Waals surface area contributed by atoms with E-state index in [9.17, 15) is 9.50 Å². The number of nitrogens with zero attached hydrogens (tertiary/aromatic N) is 4. The van der Waals surface area contributed by atoms with Crippen molar-refractivity contribution in [3.8, 4) is 11.8 Å². The van der Waals surface area contributed by atoms with Gasteiger partial charge in [0, 0.05) is 35.0 Å². The summed E-state index contributed by atoms with van der Waals surface area (Å²) in [7, 11) is 6.75. The molecule has 0 saturated carbocycles. The highest BCUT2D eigenvalue weighted by molar-refractivity contribution is 5.85. The number of aliphatic hydroxyl groups is 1. The molecule has 2 atom stereocenters. The van der Waals surface area contributed by atoms with Gasteiger partial charge in [0.1, 0.15) is 11.2 Å². The van der Waals surface area contributed by atoms with E-state index in [-0.39, 0.29) is 18.2 Å². The number of furan rings is 1. The highest BCUT2D eigenvalue weighted by Crippen LogP contribution is 2.49. The van der Waals surface area contributed by atoms with Gasteiger partial charge in [-0.15, -0.1) is 0 Å².